The molecule has 0 saturated heterocycles. The van der Waals surface area contributed by atoms with E-state index in [1.54, 1.807) is 30.7 Å². The summed E-state index contributed by atoms with van der Waals surface area (Å²) in [5.41, 5.74) is 3.02. The second-order valence-corrected chi connectivity index (χ2v) is 3.62. The molecule has 0 atom stereocenters. The molecule has 0 saturated carbocycles. The van der Waals surface area contributed by atoms with Gasteiger partial charge in [0, 0.05) is 24.2 Å². The number of nitrogens with one attached hydrogen (secondary N) is 1. The average molecular weight is 205 g/mol. The summed E-state index contributed by atoms with van der Waals surface area (Å²) in [4.78, 5) is 15.3. The fraction of sp³-hybridized carbons (Fsp3) is 0.364. The van der Waals surface area contributed by atoms with E-state index in [1.165, 1.54) is 0 Å². The third-order valence-electron chi connectivity index (χ3n) is 1.78. The third kappa shape index (κ3) is 4.35. The van der Waals surface area contributed by atoms with Gasteiger partial charge in [-0.15, -0.1) is 0 Å². The van der Waals surface area contributed by atoms with Crippen molar-refractivity contribution in [2.24, 2.45) is 11.0 Å². The fourth-order valence-electron chi connectivity index (χ4n) is 0.936. The minimum atomic E-state index is -0.211. The quantitative estimate of drug-likeness (QED) is 0.602. The van der Waals surface area contributed by atoms with Crippen LogP contribution in [-0.4, -0.2) is 17.1 Å². The summed E-state index contributed by atoms with van der Waals surface area (Å²) >= 11 is 0. The van der Waals surface area contributed by atoms with E-state index in [0.29, 0.717) is 11.5 Å². The Morgan fingerprint density at radius 3 is 2.80 bits per heavy atom. The summed E-state index contributed by atoms with van der Waals surface area (Å²) < 4.78 is 0. The molecule has 0 unspecified atom stereocenters. The van der Waals surface area contributed by atoms with E-state index in [4.69, 9.17) is 0 Å². The number of hydrogen-bond donors (Lipinski definition) is 1. The van der Waals surface area contributed by atoms with Gasteiger partial charge in [-0.2, -0.15) is 5.10 Å². The van der Waals surface area contributed by atoms with Gasteiger partial charge in [0.2, 0.25) is 0 Å². The Labute approximate surface area is 89.4 Å². The predicted molar refractivity (Wildman–Crippen MR) is 59.7 cm³/mol. The summed E-state index contributed by atoms with van der Waals surface area (Å²) in [6.07, 6.45) is 5.72. The third-order valence-corrected chi connectivity index (χ3v) is 1.78. The van der Waals surface area contributed by atoms with E-state index >= 15 is 0 Å². The van der Waals surface area contributed by atoms with Crippen molar-refractivity contribution in [1.82, 2.24) is 10.4 Å². The van der Waals surface area contributed by atoms with Gasteiger partial charge in [0.05, 0.1) is 0 Å². The van der Waals surface area contributed by atoms with Crippen molar-refractivity contribution in [3.05, 3.63) is 30.1 Å². The monoisotopic (exact) mass is 205 g/mol. The molecular weight excluding hydrogens is 190 g/mol. The number of rotatable bonds is 4. The minimum Gasteiger partial charge on any atom is -0.267 e. The molecule has 0 aliphatic rings. The van der Waals surface area contributed by atoms with Crippen LogP contribution in [0.4, 0.5) is 0 Å². The molecule has 0 fully saturated rings. The van der Waals surface area contributed by atoms with Gasteiger partial charge in [0.1, 0.15) is 0 Å². The smallest absolute Gasteiger partial charge is 0.267 e. The normalized spacial score (nSPS) is 10.9. The van der Waals surface area contributed by atoms with Crippen LogP contribution in [0.5, 0.6) is 0 Å². The first-order valence-electron chi connectivity index (χ1n) is 4.92. The predicted octanol–water partition coefficient (Wildman–Crippen LogP) is 1.84. The molecule has 0 spiro atoms. The Hall–Kier alpha value is -1.71. The van der Waals surface area contributed by atoms with E-state index < -0.39 is 0 Å². The molecule has 1 amide bonds. The zero-order valence-electron chi connectivity index (χ0n) is 8.97. The highest BCUT2D eigenvalue weighted by molar-refractivity contribution is 5.94. The Bertz CT molecular complexity index is 333. The Kier molecular flexibility index (Phi) is 4.47. The lowest BCUT2D eigenvalue weighted by molar-refractivity contribution is 0.0955. The van der Waals surface area contributed by atoms with Crippen LogP contribution < -0.4 is 5.43 Å². The van der Waals surface area contributed by atoms with Gasteiger partial charge in [-0.1, -0.05) is 13.8 Å². The second-order valence-electron chi connectivity index (χ2n) is 3.62. The maximum atomic E-state index is 11.4. The number of pyridine rings is 1. The van der Waals surface area contributed by atoms with Gasteiger partial charge in [-0.3, -0.25) is 9.78 Å². The fourth-order valence-corrected chi connectivity index (χ4v) is 0.936. The maximum absolute atomic E-state index is 11.4. The Morgan fingerprint density at radius 1 is 1.53 bits per heavy atom. The molecule has 1 aromatic rings. The molecule has 4 heteroatoms. The van der Waals surface area contributed by atoms with Crippen molar-refractivity contribution in [3.63, 3.8) is 0 Å². The number of nitrogens with zero attached hydrogens (tertiary/aromatic N) is 2. The van der Waals surface area contributed by atoms with Crippen molar-refractivity contribution in [3.8, 4) is 0 Å². The van der Waals surface area contributed by atoms with Crippen LogP contribution in [-0.2, 0) is 0 Å². The van der Waals surface area contributed by atoms with Crippen LogP contribution >= 0.6 is 0 Å². The van der Waals surface area contributed by atoms with Gasteiger partial charge in [-0.25, -0.2) is 5.43 Å². The minimum absolute atomic E-state index is 0.211. The first kappa shape index (κ1) is 11.4. The first-order valence-corrected chi connectivity index (χ1v) is 4.92. The van der Waals surface area contributed by atoms with Crippen molar-refractivity contribution < 1.29 is 4.79 Å². The largest absolute Gasteiger partial charge is 0.271 e. The highest BCUT2D eigenvalue weighted by Gasteiger charge is 2.01. The lowest BCUT2D eigenvalue weighted by Crippen LogP contribution is -2.17. The lowest BCUT2D eigenvalue weighted by atomic mass is 10.2. The molecule has 1 N–H and O–H groups in total. The molecule has 1 aromatic heterocycles. The van der Waals surface area contributed by atoms with Crippen LogP contribution in [0, 0.1) is 5.92 Å². The topological polar surface area (TPSA) is 54.4 Å². The zero-order chi connectivity index (χ0) is 11.1. The molecule has 1 rings (SSSR count). The molecule has 0 bridgehead atoms. The number of carbonyl (C=O) groups is 1. The average Bonchev–Trinajstić information content (AvgIpc) is 2.25. The van der Waals surface area contributed by atoms with E-state index in [-0.39, 0.29) is 5.91 Å². The Morgan fingerprint density at radius 2 is 2.20 bits per heavy atom. The summed E-state index contributed by atoms with van der Waals surface area (Å²) in [6.45, 7) is 4.19. The summed E-state index contributed by atoms with van der Waals surface area (Å²) in [7, 11) is 0. The summed E-state index contributed by atoms with van der Waals surface area (Å²) in [5.74, 6) is 0.337. The van der Waals surface area contributed by atoms with E-state index in [1.807, 2.05) is 0 Å². The van der Waals surface area contributed by atoms with Gasteiger partial charge < -0.3 is 0 Å². The highest BCUT2D eigenvalue weighted by Crippen LogP contribution is 1.96. The van der Waals surface area contributed by atoms with Gasteiger partial charge in [0.15, 0.2) is 0 Å². The number of hydrazone groups is 1. The van der Waals surface area contributed by atoms with Crippen LogP contribution in [0.15, 0.2) is 29.6 Å². The molecule has 15 heavy (non-hydrogen) atoms. The van der Waals surface area contributed by atoms with Crippen molar-refractivity contribution >= 4 is 12.1 Å². The van der Waals surface area contributed by atoms with E-state index in [0.717, 1.165) is 6.42 Å². The number of amides is 1. The Balaban J connectivity index is 2.40. The molecular formula is C11H15N3O. The van der Waals surface area contributed by atoms with Crippen molar-refractivity contribution in [2.75, 3.05) is 0 Å². The number of hydrogen-bond acceptors (Lipinski definition) is 3. The van der Waals surface area contributed by atoms with Crippen LogP contribution in [0.1, 0.15) is 30.6 Å². The maximum Gasteiger partial charge on any atom is 0.271 e. The van der Waals surface area contributed by atoms with Crippen LogP contribution in [0.3, 0.4) is 0 Å². The molecule has 80 valence electrons. The van der Waals surface area contributed by atoms with Crippen molar-refractivity contribution in [1.29, 1.82) is 0 Å². The van der Waals surface area contributed by atoms with Crippen molar-refractivity contribution in [2.45, 2.75) is 20.3 Å². The van der Waals surface area contributed by atoms with Crippen LogP contribution in [0.25, 0.3) is 0 Å². The number of aromatic nitrogens is 1. The summed E-state index contributed by atoms with van der Waals surface area (Å²) in [6, 6.07) is 3.29. The molecule has 0 radical (unpaired) electrons. The number of carbonyl (C=O) groups excluding carboxylic acids is 1. The SMILES string of the molecule is CC(C)CC=NNC(=O)c1ccncc1. The molecule has 0 aliphatic carbocycles. The zero-order valence-corrected chi connectivity index (χ0v) is 8.97. The molecule has 4 nitrogen and oxygen atoms in total. The van der Waals surface area contributed by atoms with E-state index in [2.05, 4.69) is 29.4 Å². The van der Waals surface area contributed by atoms with Gasteiger partial charge in [0.25, 0.3) is 5.91 Å². The molecule has 0 aliphatic heterocycles. The van der Waals surface area contributed by atoms with Crippen LogP contribution in [0.2, 0.25) is 0 Å². The van der Waals surface area contributed by atoms with Gasteiger partial charge in [-0.05, 0) is 24.5 Å². The van der Waals surface area contributed by atoms with E-state index in [9.17, 15) is 4.79 Å². The molecule has 0 aromatic carbocycles. The summed E-state index contributed by atoms with van der Waals surface area (Å²) in [5, 5.41) is 3.84. The second kappa shape index (κ2) is 5.90. The van der Waals surface area contributed by atoms with Gasteiger partial charge >= 0.3 is 0 Å². The first-order chi connectivity index (χ1) is 7.20. The molecule has 1 heterocycles. The highest BCUT2D eigenvalue weighted by atomic mass is 16.2. The standard InChI is InChI=1S/C11H15N3O/c1-9(2)3-8-13-14-11(15)10-4-6-12-7-5-10/h4-9H,3H2,1-2H3,(H,14,15). The lowest BCUT2D eigenvalue weighted by Gasteiger charge is -1.99.